The number of benzene rings is 3. The van der Waals surface area contributed by atoms with E-state index in [1.807, 2.05) is 54.6 Å². The minimum atomic E-state index is -1.15. The number of hydrogen-bond acceptors (Lipinski definition) is 3. The molecule has 0 aliphatic carbocycles. The van der Waals surface area contributed by atoms with Crippen LogP contribution < -0.4 is 0 Å². The van der Waals surface area contributed by atoms with Gasteiger partial charge in [0.05, 0.1) is 11.2 Å². The number of hydrogen-bond donors (Lipinski definition) is 3. The average molecular weight is 475 g/mol. The van der Waals surface area contributed by atoms with E-state index in [4.69, 9.17) is 0 Å². The van der Waals surface area contributed by atoms with Crippen LogP contribution in [-0.4, -0.2) is 15.3 Å². The van der Waals surface area contributed by atoms with Crippen LogP contribution in [0.4, 0.5) is 0 Å². The molecule has 0 saturated carbocycles. The molecule has 188 valence electrons. The monoisotopic (exact) mass is 474 g/mol. The third kappa shape index (κ3) is 6.34. The van der Waals surface area contributed by atoms with Crippen LogP contribution in [0.3, 0.4) is 0 Å². The van der Waals surface area contributed by atoms with Crippen molar-refractivity contribution in [1.82, 2.24) is 0 Å². The van der Waals surface area contributed by atoms with Crippen LogP contribution in [0.1, 0.15) is 88.8 Å². The van der Waals surface area contributed by atoms with Crippen LogP contribution in [0, 0.1) is 0 Å². The number of aromatic hydroxyl groups is 1. The summed E-state index contributed by atoms with van der Waals surface area (Å²) in [4.78, 5) is 0. The lowest BCUT2D eigenvalue weighted by Gasteiger charge is -2.29. The molecule has 0 spiro atoms. The van der Waals surface area contributed by atoms with Gasteiger partial charge in [-0.05, 0) is 58.1 Å². The van der Waals surface area contributed by atoms with Gasteiger partial charge in [-0.3, -0.25) is 0 Å². The van der Waals surface area contributed by atoms with E-state index >= 15 is 0 Å². The second kappa shape index (κ2) is 9.44. The van der Waals surface area contributed by atoms with Gasteiger partial charge >= 0.3 is 0 Å². The molecule has 3 rings (SSSR count). The molecule has 0 aliphatic heterocycles. The van der Waals surface area contributed by atoms with Crippen LogP contribution >= 0.6 is 0 Å². The van der Waals surface area contributed by atoms with Gasteiger partial charge in [0.1, 0.15) is 5.75 Å². The first-order valence-corrected chi connectivity index (χ1v) is 12.5. The summed E-state index contributed by atoms with van der Waals surface area (Å²) in [5.41, 5.74) is 2.92. The van der Waals surface area contributed by atoms with E-state index in [2.05, 4.69) is 53.7 Å². The van der Waals surface area contributed by atoms with Crippen LogP contribution in [0.15, 0.2) is 66.7 Å². The van der Waals surface area contributed by atoms with Gasteiger partial charge in [-0.15, -0.1) is 0 Å². The minimum Gasteiger partial charge on any atom is -0.507 e. The molecule has 3 nitrogen and oxygen atoms in total. The normalized spacial score (nSPS) is 15.9. The standard InChI is InChI=1S/C32H42O3/c1-29(2,3)24-14-10-16-26(18-24)31(7,34)20-22-12-9-13-23(28(22)33)21-32(8,35)27-17-11-15-25(19-27)30(4,5)6/h9-19,33-35H,20-21H2,1-8H3. The lowest BCUT2D eigenvalue weighted by Crippen LogP contribution is -2.26. The lowest BCUT2D eigenvalue weighted by molar-refractivity contribution is 0.0550. The molecule has 35 heavy (non-hydrogen) atoms. The first kappa shape index (κ1) is 27.0. The predicted molar refractivity (Wildman–Crippen MR) is 145 cm³/mol. The molecule has 0 heterocycles. The fourth-order valence-electron chi connectivity index (χ4n) is 4.52. The van der Waals surface area contributed by atoms with E-state index in [1.165, 1.54) is 0 Å². The Morgan fingerprint density at radius 1 is 0.514 bits per heavy atom. The van der Waals surface area contributed by atoms with E-state index in [0.29, 0.717) is 11.1 Å². The fraction of sp³-hybridized carbons (Fsp3) is 0.438. The first-order valence-electron chi connectivity index (χ1n) is 12.5. The molecule has 0 aliphatic rings. The summed E-state index contributed by atoms with van der Waals surface area (Å²) >= 11 is 0. The SMILES string of the molecule is CC(C)(C)c1cccc(C(C)(O)Cc2cccc(CC(C)(O)c3cccc(C(C)(C)C)c3)c2O)c1. The maximum absolute atomic E-state index is 11.4. The molecule has 3 aromatic carbocycles. The van der Waals surface area contributed by atoms with E-state index in [0.717, 1.165) is 22.3 Å². The predicted octanol–water partition coefficient (Wildman–Crippen LogP) is 6.89. The molecule has 0 radical (unpaired) electrons. The van der Waals surface area contributed by atoms with Crippen molar-refractivity contribution >= 4 is 0 Å². The summed E-state index contributed by atoms with van der Waals surface area (Å²) in [6.07, 6.45) is 0.532. The second-order valence-electron chi connectivity index (χ2n) is 12.5. The third-order valence-corrected chi connectivity index (χ3v) is 6.97. The van der Waals surface area contributed by atoms with Gasteiger partial charge in [0.2, 0.25) is 0 Å². The Morgan fingerprint density at radius 2 is 0.829 bits per heavy atom. The van der Waals surface area contributed by atoms with E-state index in [1.54, 1.807) is 13.8 Å². The summed E-state index contributed by atoms with van der Waals surface area (Å²) in [7, 11) is 0. The minimum absolute atomic E-state index is 0.0238. The van der Waals surface area contributed by atoms with Gasteiger partial charge in [-0.25, -0.2) is 0 Å². The zero-order valence-corrected chi connectivity index (χ0v) is 22.6. The van der Waals surface area contributed by atoms with Gasteiger partial charge < -0.3 is 15.3 Å². The largest absolute Gasteiger partial charge is 0.507 e. The summed E-state index contributed by atoms with van der Waals surface area (Å²) in [5, 5.41) is 34.0. The van der Waals surface area contributed by atoms with Gasteiger partial charge in [0.15, 0.2) is 0 Å². The Labute approximate surface area is 211 Å². The molecule has 0 fully saturated rings. The summed E-state index contributed by atoms with van der Waals surface area (Å²) < 4.78 is 0. The highest BCUT2D eigenvalue weighted by Gasteiger charge is 2.30. The number of para-hydroxylation sites is 1. The van der Waals surface area contributed by atoms with Gasteiger partial charge in [0.25, 0.3) is 0 Å². The van der Waals surface area contributed by atoms with Crippen molar-refractivity contribution in [1.29, 1.82) is 0 Å². The van der Waals surface area contributed by atoms with Gasteiger partial charge in [0, 0.05) is 12.8 Å². The lowest BCUT2D eigenvalue weighted by atomic mass is 9.81. The molecule has 2 unspecified atom stereocenters. The first-order chi connectivity index (χ1) is 16.0. The number of rotatable bonds is 6. The molecular weight excluding hydrogens is 432 g/mol. The third-order valence-electron chi connectivity index (χ3n) is 6.97. The maximum atomic E-state index is 11.4. The molecule has 0 saturated heterocycles. The highest BCUT2D eigenvalue weighted by molar-refractivity contribution is 5.44. The summed E-state index contributed by atoms with van der Waals surface area (Å²) in [5.74, 6) is 0.131. The zero-order valence-electron chi connectivity index (χ0n) is 22.6. The highest BCUT2D eigenvalue weighted by atomic mass is 16.3. The van der Waals surface area contributed by atoms with E-state index in [9.17, 15) is 15.3 Å². The Hall–Kier alpha value is -2.62. The summed E-state index contributed by atoms with van der Waals surface area (Å²) in [6, 6.07) is 21.6. The molecule has 3 heteroatoms. The van der Waals surface area contributed by atoms with Crippen LogP contribution in [-0.2, 0) is 34.9 Å². The molecule has 0 amide bonds. The second-order valence-corrected chi connectivity index (χ2v) is 12.5. The molecule has 3 N–H and O–H groups in total. The van der Waals surface area contributed by atoms with E-state index in [-0.39, 0.29) is 29.4 Å². The number of phenolic OH excluding ortho intramolecular Hbond substituents is 1. The zero-order chi connectivity index (χ0) is 26.2. The van der Waals surface area contributed by atoms with Crippen LogP contribution in [0.5, 0.6) is 5.75 Å². The Bertz CT molecular complexity index is 1080. The van der Waals surface area contributed by atoms with Gasteiger partial charge in [-0.1, -0.05) is 108 Å². The van der Waals surface area contributed by atoms with Crippen molar-refractivity contribution in [3.8, 4) is 5.75 Å². The quantitative estimate of drug-likeness (QED) is 0.365. The maximum Gasteiger partial charge on any atom is 0.122 e. The molecule has 0 aromatic heterocycles. The van der Waals surface area contributed by atoms with Crippen LogP contribution in [0.2, 0.25) is 0 Å². The Morgan fingerprint density at radius 3 is 1.17 bits per heavy atom. The van der Waals surface area contributed by atoms with Crippen molar-refractivity contribution in [3.05, 3.63) is 100 Å². The van der Waals surface area contributed by atoms with Crippen molar-refractivity contribution in [2.24, 2.45) is 0 Å². The van der Waals surface area contributed by atoms with Crippen molar-refractivity contribution in [3.63, 3.8) is 0 Å². The summed E-state index contributed by atoms with van der Waals surface area (Å²) in [6.45, 7) is 16.5. The van der Waals surface area contributed by atoms with Crippen molar-refractivity contribution in [2.45, 2.75) is 90.3 Å². The number of aliphatic hydroxyl groups is 2. The Balaban J connectivity index is 1.89. The van der Waals surface area contributed by atoms with Gasteiger partial charge in [-0.2, -0.15) is 0 Å². The molecular formula is C32H42O3. The fourth-order valence-corrected chi connectivity index (χ4v) is 4.52. The molecule has 3 aromatic rings. The molecule has 2 atom stereocenters. The van der Waals surface area contributed by atoms with E-state index < -0.39 is 11.2 Å². The van der Waals surface area contributed by atoms with Crippen LogP contribution in [0.25, 0.3) is 0 Å². The molecule has 0 bridgehead atoms. The average Bonchev–Trinajstić information content (AvgIpc) is 2.75. The number of phenols is 1. The topological polar surface area (TPSA) is 60.7 Å². The Kier molecular flexibility index (Phi) is 7.28. The highest BCUT2D eigenvalue weighted by Crippen LogP contribution is 2.36. The smallest absolute Gasteiger partial charge is 0.122 e. The van der Waals surface area contributed by atoms with Crippen molar-refractivity contribution in [2.75, 3.05) is 0 Å². The van der Waals surface area contributed by atoms with Crippen molar-refractivity contribution < 1.29 is 15.3 Å².